The highest BCUT2D eigenvalue weighted by atomic mass is 35.5. The molecule has 0 saturated heterocycles. The lowest BCUT2D eigenvalue weighted by Crippen LogP contribution is -1.92. The summed E-state index contributed by atoms with van der Waals surface area (Å²) >= 11 is 6.23. The first-order chi connectivity index (χ1) is 4.50. The molecule has 0 aliphatic heterocycles. The summed E-state index contributed by atoms with van der Waals surface area (Å²) in [5.74, 6) is 0. The maximum Gasteiger partial charge on any atom is 0.304 e. The molecule has 1 heterocycles. The molecule has 1 N–H and O–H groups in total. The molecule has 3 nitrogen and oxygen atoms in total. The number of halogens is 2. The second-order valence-corrected chi connectivity index (χ2v) is 4.90. The van der Waals surface area contributed by atoms with E-state index in [9.17, 15) is 8.42 Å². The van der Waals surface area contributed by atoms with Crippen LogP contribution in [0.5, 0.6) is 0 Å². The van der Waals surface area contributed by atoms with Gasteiger partial charge in [-0.2, -0.15) is 8.42 Å². The molecule has 64 valence electrons. The van der Waals surface area contributed by atoms with Crippen LogP contribution in [0, 0.1) is 0 Å². The average Bonchev–Trinajstić information content (AvgIpc) is 2.11. The van der Waals surface area contributed by atoms with Crippen molar-refractivity contribution in [2.75, 3.05) is 0 Å². The highest BCUT2D eigenvalue weighted by Gasteiger charge is 2.11. The van der Waals surface area contributed by atoms with Crippen molar-refractivity contribution in [1.82, 2.24) is 0 Å². The Morgan fingerprint density at radius 1 is 1.45 bits per heavy atom. The van der Waals surface area contributed by atoms with E-state index in [0.717, 1.165) is 11.3 Å². The zero-order valence-electron chi connectivity index (χ0n) is 5.02. The average molecular weight is 235 g/mol. The Labute approximate surface area is 79.2 Å². The first-order valence-corrected chi connectivity index (χ1v) is 4.86. The van der Waals surface area contributed by atoms with Gasteiger partial charge in [-0.05, 0) is 12.1 Å². The van der Waals surface area contributed by atoms with E-state index in [4.69, 9.17) is 16.2 Å². The lowest BCUT2D eigenvalue weighted by molar-refractivity contribution is 0.485. The smallest absolute Gasteiger partial charge is 0.281 e. The van der Waals surface area contributed by atoms with Crippen molar-refractivity contribution in [3.05, 3.63) is 16.5 Å². The van der Waals surface area contributed by atoms with Crippen LogP contribution >= 0.6 is 35.3 Å². The van der Waals surface area contributed by atoms with Crippen LogP contribution in [0.1, 0.15) is 0 Å². The van der Waals surface area contributed by atoms with E-state index in [-0.39, 0.29) is 16.6 Å². The molecule has 0 saturated carbocycles. The predicted octanol–water partition coefficient (Wildman–Crippen LogP) is 2.07. The fourth-order valence-corrected chi connectivity index (χ4v) is 2.28. The van der Waals surface area contributed by atoms with Gasteiger partial charge in [-0.1, -0.05) is 11.6 Å². The van der Waals surface area contributed by atoms with Crippen LogP contribution in [0.4, 0.5) is 0 Å². The monoisotopic (exact) mass is 234 g/mol. The predicted molar refractivity (Wildman–Crippen MR) is 46.4 cm³/mol. The van der Waals surface area contributed by atoms with Crippen molar-refractivity contribution in [1.29, 1.82) is 0 Å². The first-order valence-electron chi connectivity index (χ1n) is 2.23. The van der Waals surface area contributed by atoms with Crippen LogP contribution < -0.4 is 0 Å². The summed E-state index contributed by atoms with van der Waals surface area (Å²) < 4.78 is 29.3. The lowest BCUT2D eigenvalue weighted by atomic mass is 10.7. The summed E-state index contributed by atoms with van der Waals surface area (Å²) in [5.41, 5.74) is 0. The van der Waals surface area contributed by atoms with E-state index in [1.54, 1.807) is 0 Å². The summed E-state index contributed by atoms with van der Waals surface area (Å²) in [6.45, 7) is 0. The van der Waals surface area contributed by atoms with Gasteiger partial charge in [0.15, 0.2) is 0 Å². The molecule has 1 aromatic rings. The van der Waals surface area contributed by atoms with Crippen molar-refractivity contribution in [3.63, 3.8) is 0 Å². The van der Waals surface area contributed by atoms with Crippen molar-refractivity contribution in [3.8, 4) is 0 Å². The van der Waals surface area contributed by atoms with Crippen molar-refractivity contribution < 1.29 is 13.0 Å². The highest BCUT2D eigenvalue weighted by molar-refractivity contribution is 7.88. The summed E-state index contributed by atoms with van der Waals surface area (Å²) in [5, 5.41) is 0. The normalized spacial score (nSPS) is 10.7. The van der Waals surface area contributed by atoms with E-state index in [0.29, 0.717) is 4.34 Å². The van der Waals surface area contributed by atoms with Gasteiger partial charge in [0.1, 0.15) is 4.21 Å². The van der Waals surface area contributed by atoms with Crippen LogP contribution in [0.2, 0.25) is 4.34 Å². The second kappa shape index (κ2) is 3.73. The number of thiophene rings is 1. The number of hydrogen-bond acceptors (Lipinski definition) is 3. The molecule has 7 heteroatoms. The van der Waals surface area contributed by atoms with Crippen molar-refractivity contribution in [2.24, 2.45) is 0 Å². The molecule has 0 aliphatic rings. The highest BCUT2D eigenvalue weighted by Crippen LogP contribution is 2.24. The maximum absolute atomic E-state index is 10.4. The molecule has 0 fully saturated rings. The molecule has 11 heavy (non-hydrogen) atoms. The molecule has 0 spiro atoms. The van der Waals surface area contributed by atoms with E-state index >= 15 is 0 Å². The summed E-state index contributed by atoms with van der Waals surface area (Å²) in [7, 11) is -4.05. The van der Waals surface area contributed by atoms with Crippen LogP contribution in [-0.2, 0) is 10.1 Å². The van der Waals surface area contributed by atoms with Crippen LogP contribution in [-0.4, -0.2) is 13.0 Å². The van der Waals surface area contributed by atoms with Gasteiger partial charge < -0.3 is 0 Å². The van der Waals surface area contributed by atoms with Crippen LogP contribution in [0.3, 0.4) is 0 Å². The fourth-order valence-electron chi connectivity index (χ4n) is 0.436. The van der Waals surface area contributed by atoms with Gasteiger partial charge in [0.05, 0.1) is 4.34 Å². The molecule has 1 aromatic heterocycles. The summed E-state index contributed by atoms with van der Waals surface area (Å²) in [4.78, 5) is 0. The molecule has 1 rings (SSSR count). The van der Waals surface area contributed by atoms with E-state index in [1.165, 1.54) is 12.1 Å². The minimum atomic E-state index is -4.05. The molecule has 0 aliphatic carbocycles. The summed E-state index contributed by atoms with van der Waals surface area (Å²) in [6, 6.07) is 2.66. The van der Waals surface area contributed by atoms with Crippen LogP contribution in [0.15, 0.2) is 16.3 Å². The second-order valence-electron chi connectivity index (χ2n) is 1.53. The third-order valence-corrected chi connectivity index (χ3v) is 3.35. The Bertz CT molecular complexity index is 329. The Morgan fingerprint density at radius 3 is 2.18 bits per heavy atom. The Kier molecular flexibility index (Phi) is 3.79. The standard InChI is InChI=1S/C4H3ClO3S2.ClH/c5-3-1-2-4(9-3)10(6,7)8;/h1-2H,(H,6,7,8);1H. The zero-order valence-corrected chi connectivity index (χ0v) is 8.23. The zero-order chi connectivity index (χ0) is 7.78. The van der Waals surface area contributed by atoms with Gasteiger partial charge >= 0.3 is 10.1 Å². The molecule has 0 bridgehead atoms. The van der Waals surface area contributed by atoms with Crippen LogP contribution in [0.25, 0.3) is 0 Å². The maximum atomic E-state index is 10.4. The molecular weight excluding hydrogens is 231 g/mol. The van der Waals surface area contributed by atoms with Gasteiger partial charge in [0.25, 0.3) is 0 Å². The van der Waals surface area contributed by atoms with Gasteiger partial charge in [-0.3, -0.25) is 4.55 Å². The van der Waals surface area contributed by atoms with E-state index < -0.39 is 10.1 Å². The van der Waals surface area contributed by atoms with Crippen molar-refractivity contribution in [2.45, 2.75) is 4.21 Å². The quantitative estimate of drug-likeness (QED) is 0.758. The topological polar surface area (TPSA) is 54.4 Å². The first kappa shape index (κ1) is 11.2. The molecule has 0 aromatic carbocycles. The third kappa shape index (κ3) is 2.96. The van der Waals surface area contributed by atoms with E-state index in [1.807, 2.05) is 0 Å². The molecule has 0 radical (unpaired) electrons. The largest absolute Gasteiger partial charge is 0.304 e. The third-order valence-electron chi connectivity index (χ3n) is 0.803. The molecule has 0 unspecified atom stereocenters. The minimum Gasteiger partial charge on any atom is -0.281 e. The summed E-state index contributed by atoms with van der Waals surface area (Å²) in [6.07, 6.45) is 0. The Morgan fingerprint density at radius 2 is 2.00 bits per heavy atom. The molecule has 0 amide bonds. The SMILES string of the molecule is Cl.O=S(=O)(O)c1ccc(Cl)s1. The molecule has 0 atom stereocenters. The van der Waals surface area contributed by atoms with Crippen molar-refractivity contribution >= 4 is 45.5 Å². The minimum absolute atomic E-state index is 0. The lowest BCUT2D eigenvalue weighted by Gasteiger charge is -1.85. The van der Waals surface area contributed by atoms with Gasteiger partial charge in [-0.15, -0.1) is 23.7 Å². The Balaban J connectivity index is 0.000001000. The van der Waals surface area contributed by atoms with E-state index in [2.05, 4.69) is 0 Å². The Hall–Kier alpha value is 0.190. The van der Waals surface area contributed by atoms with Gasteiger partial charge in [0, 0.05) is 0 Å². The van der Waals surface area contributed by atoms with Gasteiger partial charge in [0.2, 0.25) is 0 Å². The fraction of sp³-hybridized carbons (Fsp3) is 0. The number of rotatable bonds is 1. The number of hydrogen-bond donors (Lipinski definition) is 1. The van der Waals surface area contributed by atoms with Gasteiger partial charge in [-0.25, -0.2) is 0 Å². The molecular formula is C4H4Cl2O3S2.